The van der Waals surface area contributed by atoms with Gasteiger partial charge in [0.2, 0.25) is 5.91 Å². The van der Waals surface area contributed by atoms with Crippen molar-refractivity contribution in [1.29, 1.82) is 0 Å². The monoisotopic (exact) mass is 338 g/mol. The number of nitrogens with zero attached hydrogens (tertiary/aromatic N) is 4. The second-order valence-corrected chi connectivity index (χ2v) is 6.60. The maximum atomic E-state index is 12.5. The lowest BCUT2D eigenvalue weighted by atomic mass is 9.97. The summed E-state index contributed by atoms with van der Waals surface area (Å²) in [5, 5.41) is 0. The van der Waals surface area contributed by atoms with Gasteiger partial charge in [0.05, 0.1) is 12.2 Å². The van der Waals surface area contributed by atoms with E-state index < -0.39 is 0 Å². The van der Waals surface area contributed by atoms with Crippen LogP contribution in [0.25, 0.3) is 11.1 Å². The Morgan fingerprint density at radius 3 is 3.08 bits per heavy atom. The van der Waals surface area contributed by atoms with E-state index in [-0.39, 0.29) is 11.8 Å². The number of fused-ring (bicyclic) bond motifs is 1. The molecule has 4 rings (SSSR count). The number of aryl methyl sites for hydroxylation is 1. The molecule has 1 unspecified atom stereocenters. The summed E-state index contributed by atoms with van der Waals surface area (Å²) >= 11 is 0. The number of para-hydroxylation sites is 2. The molecule has 3 aromatic rings. The van der Waals surface area contributed by atoms with Crippen molar-refractivity contribution in [3.63, 3.8) is 0 Å². The van der Waals surface area contributed by atoms with Crippen LogP contribution in [0.2, 0.25) is 0 Å². The molecule has 3 heterocycles. The Morgan fingerprint density at radius 1 is 1.32 bits per heavy atom. The molecule has 130 valence electrons. The van der Waals surface area contributed by atoms with Crippen LogP contribution in [0.3, 0.4) is 0 Å². The molecular formula is C19H22N4O2. The number of rotatable bonds is 5. The third-order valence-corrected chi connectivity index (χ3v) is 4.80. The Balaban J connectivity index is 1.36. The lowest BCUT2D eigenvalue weighted by Gasteiger charge is -2.31. The summed E-state index contributed by atoms with van der Waals surface area (Å²) in [4.78, 5) is 23.1. The maximum absolute atomic E-state index is 12.5. The number of likely N-dealkylation sites (tertiary alicyclic amines) is 1. The molecule has 0 N–H and O–H groups in total. The molecule has 0 saturated carbocycles. The summed E-state index contributed by atoms with van der Waals surface area (Å²) in [6, 6.07) is 7.82. The van der Waals surface area contributed by atoms with Crippen molar-refractivity contribution >= 4 is 17.0 Å². The molecule has 1 aromatic carbocycles. The highest BCUT2D eigenvalue weighted by Gasteiger charge is 2.27. The maximum Gasteiger partial charge on any atom is 0.222 e. The second-order valence-electron chi connectivity index (χ2n) is 6.60. The van der Waals surface area contributed by atoms with Crippen molar-refractivity contribution in [2.24, 2.45) is 0 Å². The van der Waals surface area contributed by atoms with Crippen molar-refractivity contribution in [1.82, 2.24) is 19.4 Å². The summed E-state index contributed by atoms with van der Waals surface area (Å²) in [5.41, 5.74) is 1.71. The van der Waals surface area contributed by atoms with Gasteiger partial charge in [-0.05, 0) is 31.4 Å². The van der Waals surface area contributed by atoms with Gasteiger partial charge in [-0.15, -0.1) is 0 Å². The Kier molecular flexibility index (Phi) is 4.50. The summed E-state index contributed by atoms with van der Waals surface area (Å²) in [6.45, 7) is 2.37. The molecule has 6 heteroatoms. The van der Waals surface area contributed by atoms with E-state index in [0.717, 1.165) is 49.3 Å². The number of hydrogen-bond donors (Lipinski definition) is 0. The molecule has 0 aliphatic carbocycles. The zero-order valence-electron chi connectivity index (χ0n) is 14.2. The van der Waals surface area contributed by atoms with Gasteiger partial charge in [0, 0.05) is 38.4 Å². The first-order chi connectivity index (χ1) is 12.3. The largest absolute Gasteiger partial charge is 0.440 e. The highest BCUT2D eigenvalue weighted by molar-refractivity contribution is 5.76. The smallest absolute Gasteiger partial charge is 0.222 e. The van der Waals surface area contributed by atoms with Gasteiger partial charge >= 0.3 is 0 Å². The fourth-order valence-corrected chi connectivity index (χ4v) is 3.46. The van der Waals surface area contributed by atoms with E-state index in [1.165, 1.54) is 0 Å². The van der Waals surface area contributed by atoms with Crippen LogP contribution < -0.4 is 0 Å². The average molecular weight is 338 g/mol. The van der Waals surface area contributed by atoms with E-state index in [2.05, 4.69) is 9.97 Å². The van der Waals surface area contributed by atoms with E-state index >= 15 is 0 Å². The molecule has 1 atom stereocenters. The van der Waals surface area contributed by atoms with E-state index in [9.17, 15) is 4.79 Å². The third-order valence-electron chi connectivity index (χ3n) is 4.80. The summed E-state index contributed by atoms with van der Waals surface area (Å²) < 4.78 is 7.91. The van der Waals surface area contributed by atoms with Crippen molar-refractivity contribution in [3.8, 4) is 0 Å². The number of benzene rings is 1. The minimum absolute atomic E-state index is 0.193. The fourth-order valence-electron chi connectivity index (χ4n) is 3.46. The van der Waals surface area contributed by atoms with Crippen LogP contribution in [-0.4, -0.2) is 38.4 Å². The van der Waals surface area contributed by atoms with Crippen molar-refractivity contribution < 1.29 is 9.21 Å². The van der Waals surface area contributed by atoms with Gasteiger partial charge in [0.15, 0.2) is 11.5 Å². The van der Waals surface area contributed by atoms with Crippen LogP contribution in [0.5, 0.6) is 0 Å². The van der Waals surface area contributed by atoms with Gasteiger partial charge in [-0.2, -0.15) is 0 Å². The predicted molar refractivity (Wildman–Crippen MR) is 94.0 cm³/mol. The Labute approximate surface area is 146 Å². The quantitative estimate of drug-likeness (QED) is 0.716. The molecular weight excluding hydrogens is 316 g/mol. The zero-order valence-corrected chi connectivity index (χ0v) is 14.2. The molecule has 6 nitrogen and oxygen atoms in total. The minimum atomic E-state index is 0.193. The molecule has 0 bridgehead atoms. The van der Waals surface area contributed by atoms with Crippen molar-refractivity contribution in [3.05, 3.63) is 48.9 Å². The van der Waals surface area contributed by atoms with Gasteiger partial charge in [-0.25, -0.2) is 9.97 Å². The number of oxazole rings is 1. The highest BCUT2D eigenvalue weighted by atomic mass is 16.3. The molecule has 1 saturated heterocycles. The Morgan fingerprint density at radius 2 is 2.24 bits per heavy atom. The van der Waals surface area contributed by atoms with Gasteiger partial charge in [-0.1, -0.05) is 12.1 Å². The van der Waals surface area contributed by atoms with E-state index in [1.807, 2.05) is 39.9 Å². The van der Waals surface area contributed by atoms with E-state index in [0.29, 0.717) is 13.0 Å². The Bertz CT molecular complexity index is 807. The van der Waals surface area contributed by atoms with E-state index in [1.54, 1.807) is 12.5 Å². The summed E-state index contributed by atoms with van der Waals surface area (Å²) in [5.74, 6) is 1.18. The second kappa shape index (κ2) is 7.09. The molecule has 0 spiro atoms. The number of aromatic nitrogens is 3. The zero-order chi connectivity index (χ0) is 17.1. The Hall–Kier alpha value is -2.63. The van der Waals surface area contributed by atoms with Crippen LogP contribution in [-0.2, 0) is 11.3 Å². The predicted octanol–water partition coefficient (Wildman–Crippen LogP) is 3.21. The average Bonchev–Trinajstić information content (AvgIpc) is 3.31. The number of imidazole rings is 1. The molecule has 1 amide bonds. The van der Waals surface area contributed by atoms with Crippen LogP contribution >= 0.6 is 0 Å². The SMILES string of the molecule is O=C(CCCn1ccnc1)N1CCCC(c2nc3ccccc3o2)C1. The molecule has 1 aliphatic heterocycles. The van der Waals surface area contributed by atoms with Crippen LogP contribution in [0.1, 0.15) is 37.5 Å². The number of amides is 1. The van der Waals surface area contributed by atoms with E-state index in [4.69, 9.17) is 4.42 Å². The summed E-state index contributed by atoms with van der Waals surface area (Å²) in [7, 11) is 0. The topological polar surface area (TPSA) is 64.2 Å². The number of hydrogen-bond acceptors (Lipinski definition) is 4. The van der Waals surface area contributed by atoms with Gasteiger partial charge in [0.1, 0.15) is 5.52 Å². The van der Waals surface area contributed by atoms with Crippen LogP contribution in [0.4, 0.5) is 0 Å². The van der Waals surface area contributed by atoms with Crippen molar-refractivity contribution in [2.45, 2.75) is 38.1 Å². The number of piperidine rings is 1. The molecule has 1 aliphatic rings. The molecule has 1 fully saturated rings. The normalized spacial score (nSPS) is 17.9. The van der Waals surface area contributed by atoms with Crippen LogP contribution in [0.15, 0.2) is 47.4 Å². The summed E-state index contributed by atoms with van der Waals surface area (Å²) in [6.07, 6.45) is 8.89. The van der Waals surface area contributed by atoms with Crippen LogP contribution in [0, 0.1) is 0 Å². The first-order valence-corrected chi connectivity index (χ1v) is 8.88. The molecule has 25 heavy (non-hydrogen) atoms. The molecule has 0 radical (unpaired) electrons. The number of carbonyl (C=O) groups is 1. The first kappa shape index (κ1) is 15.9. The number of carbonyl (C=O) groups excluding carboxylic acids is 1. The van der Waals surface area contributed by atoms with Gasteiger partial charge < -0.3 is 13.9 Å². The third kappa shape index (κ3) is 3.57. The first-order valence-electron chi connectivity index (χ1n) is 8.88. The lowest BCUT2D eigenvalue weighted by Crippen LogP contribution is -2.39. The highest BCUT2D eigenvalue weighted by Crippen LogP contribution is 2.29. The van der Waals surface area contributed by atoms with Crippen molar-refractivity contribution in [2.75, 3.05) is 13.1 Å². The van der Waals surface area contributed by atoms with Gasteiger partial charge in [0.25, 0.3) is 0 Å². The minimum Gasteiger partial charge on any atom is -0.440 e. The lowest BCUT2D eigenvalue weighted by molar-refractivity contribution is -0.132. The van der Waals surface area contributed by atoms with Gasteiger partial charge in [-0.3, -0.25) is 4.79 Å². The standard InChI is InChI=1S/C19H22N4O2/c24-18(8-4-10-22-12-9-20-14-22)23-11-3-5-15(13-23)19-21-16-6-1-2-7-17(16)25-19/h1-2,6-7,9,12,14-15H,3-5,8,10-11,13H2. The molecule has 2 aromatic heterocycles. The fraction of sp³-hybridized carbons (Fsp3) is 0.421.